The minimum atomic E-state index is -0.0747. The number of pyridine rings is 1. The van der Waals surface area contributed by atoms with Gasteiger partial charge in [0.1, 0.15) is 18.0 Å². The third-order valence-corrected chi connectivity index (χ3v) is 4.86. The van der Waals surface area contributed by atoms with Crippen molar-refractivity contribution in [3.05, 3.63) is 95.4 Å². The highest BCUT2D eigenvalue weighted by atomic mass is 16.5. The molecule has 0 aliphatic heterocycles. The third-order valence-electron chi connectivity index (χ3n) is 4.86. The van der Waals surface area contributed by atoms with Gasteiger partial charge in [-0.25, -0.2) is 4.98 Å². The maximum atomic E-state index is 12.6. The van der Waals surface area contributed by atoms with Gasteiger partial charge in [-0.1, -0.05) is 36.4 Å². The Balaban J connectivity index is 1.39. The van der Waals surface area contributed by atoms with Crippen molar-refractivity contribution in [2.45, 2.75) is 26.9 Å². The molecule has 0 saturated heterocycles. The molecule has 5 nitrogen and oxygen atoms in total. The number of fused-ring (bicyclic) bond motifs is 1. The summed E-state index contributed by atoms with van der Waals surface area (Å²) in [5.41, 5.74) is 5.62. The molecule has 0 aliphatic carbocycles. The summed E-state index contributed by atoms with van der Waals surface area (Å²) in [6, 6.07) is 21.4. The van der Waals surface area contributed by atoms with Gasteiger partial charge in [-0.2, -0.15) is 0 Å². The molecule has 1 N–H and O–H groups in total. The Morgan fingerprint density at radius 1 is 1.00 bits per heavy atom. The molecule has 4 rings (SSSR count). The van der Waals surface area contributed by atoms with E-state index in [9.17, 15) is 4.79 Å². The molecule has 0 atom stereocenters. The van der Waals surface area contributed by atoms with Crippen LogP contribution in [0, 0.1) is 13.8 Å². The molecule has 2 aromatic carbocycles. The van der Waals surface area contributed by atoms with Crippen molar-refractivity contribution in [2.24, 2.45) is 0 Å². The predicted octanol–water partition coefficient (Wildman–Crippen LogP) is 4.71. The van der Waals surface area contributed by atoms with Crippen LogP contribution >= 0.6 is 0 Å². The molecule has 0 fully saturated rings. The lowest BCUT2D eigenvalue weighted by molar-refractivity contribution is -0.115. The summed E-state index contributed by atoms with van der Waals surface area (Å²) in [5.74, 6) is 0.689. The Morgan fingerprint density at radius 3 is 2.52 bits per heavy atom. The molecule has 4 aromatic rings. The molecule has 0 aliphatic rings. The quantitative estimate of drug-likeness (QED) is 0.523. The maximum Gasteiger partial charge on any atom is 0.230 e. The number of anilines is 1. The summed E-state index contributed by atoms with van der Waals surface area (Å²) in [5, 5.41) is 2.95. The summed E-state index contributed by atoms with van der Waals surface area (Å²) in [4.78, 5) is 17.2. The number of rotatable bonds is 6. The average molecular weight is 385 g/mol. The van der Waals surface area contributed by atoms with Crippen molar-refractivity contribution in [1.29, 1.82) is 0 Å². The standard InChI is InChI=1S/C24H23N3O2/c1-17-7-6-14-27-22(18(2)25-24(17)27)15-23(28)26-20-10-12-21(13-11-20)29-16-19-8-4-3-5-9-19/h3-14H,15-16H2,1-2H3,(H,26,28). The van der Waals surface area contributed by atoms with Crippen LogP contribution in [-0.2, 0) is 17.8 Å². The highest BCUT2D eigenvalue weighted by molar-refractivity contribution is 5.92. The van der Waals surface area contributed by atoms with Crippen LogP contribution in [0.4, 0.5) is 5.69 Å². The first-order valence-electron chi connectivity index (χ1n) is 9.60. The Kier molecular flexibility index (Phi) is 5.29. The topological polar surface area (TPSA) is 55.6 Å². The molecule has 0 spiro atoms. The number of nitrogens with zero attached hydrogens (tertiary/aromatic N) is 2. The second-order valence-electron chi connectivity index (χ2n) is 7.05. The van der Waals surface area contributed by atoms with Gasteiger partial charge in [-0.05, 0) is 55.3 Å². The minimum Gasteiger partial charge on any atom is -0.489 e. The number of aromatic nitrogens is 2. The number of carbonyl (C=O) groups excluding carboxylic acids is 1. The second-order valence-corrected chi connectivity index (χ2v) is 7.05. The molecule has 5 heteroatoms. The lowest BCUT2D eigenvalue weighted by Crippen LogP contribution is -2.16. The number of hydrogen-bond acceptors (Lipinski definition) is 3. The predicted molar refractivity (Wildman–Crippen MR) is 114 cm³/mol. The molecule has 1 amide bonds. The Bertz CT molecular complexity index is 1130. The lowest BCUT2D eigenvalue weighted by atomic mass is 10.2. The lowest BCUT2D eigenvalue weighted by Gasteiger charge is -2.09. The van der Waals surface area contributed by atoms with Gasteiger partial charge in [0, 0.05) is 11.9 Å². The number of imidazole rings is 1. The zero-order valence-corrected chi connectivity index (χ0v) is 16.6. The molecule has 0 saturated carbocycles. The van der Waals surface area contributed by atoms with Crippen molar-refractivity contribution in [3.63, 3.8) is 0 Å². The zero-order valence-electron chi connectivity index (χ0n) is 16.6. The number of nitrogens with one attached hydrogen (secondary N) is 1. The number of aryl methyl sites for hydroxylation is 2. The van der Waals surface area contributed by atoms with Crippen LogP contribution in [0.3, 0.4) is 0 Å². The van der Waals surface area contributed by atoms with Crippen LogP contribution < -0.4 is 10.1 Å². The second kappa shape index (κ2) is 8.19. The molecule has 0 unspecified atom stereocenters. The van der Waals surface area contributed by atoms with Crippen LogP contribution in [0.5, 0.6) is 5.75 Å². The summed E-state index contributed by atoms with van der Waals surface area (Å²) in [7, 11) is 0. The van der Waals surface area contributed by atoms with Crippen molar-refractivity contribution >= 4 is 17.2 Å². The van der Waals surface area contributed by atoms with Crippen molar-refractivity contribution in [2.75, 3.05) is 5.32 Å². The first kappa shape index (κ1) is 18.7. The molecular formula is C24H23N3O2. The summed E-state index contributed by atoms with van der Waals surface area (Å²) >= 11 is 0. The fourth-order valence-corrected chi connectivity index (χ4v) is 3.31. The summed E-state index contributed by atoms with van der Waals surface area (Å²) in [6.45, 7) is 4.47. The fourth-order valence-electron chi connectivity index (χ4n) is 3.31. The van der Waals surface area contributed by atoms with E-state index in [-0.39, 0.29) is 12.3 Å². The smallest absolute Gasteiger partial charge is 0.230 e. The minimum absolute atomic E-state index is 0.0747. The molecule has 2 aromatic heterocycles. The van der Waals surface area contributed by atoms with E-state index in [4.69, 9.17) is 4.74 Å². The fraction of sp³-hybridized carbons (Fsp3) is 0.167. The van der Waals surface area contributed by atoms with Crippen LogP contribution in [0.1, 0.15) is 22.5 Å². The van der Waals surface area contributed by atoms with E-state index in [0.29, 0.717) is 6.61 Å². The molecule has 29 heavy (non-hydrogen) atoms. The van der Waals surface area contributed by atoms with Crippen LogP contribution in [0.25, 0.3) is 5.65 Å². The van der Waals surface area contributed by atoms with E-state index in [1.807, 2.05) is 91.2 Å². The van der Waals surface area contributed by atoms with E-state index >= 15 is 0 Å². The van der Waals surface area contributed by atoms with Crippen molar-refractivity contribution in [3.8, 4) is 5.75 Å². The van der Waals surface area contributed by atoms with E-state index in [2.05, 4.69) is 10.3 Å². The van der Waals surface area contributed by atoms with Crippen LogP contribution in [0.15, 0.2) is 72.9 Å². The highest BCUT2D eigenvalue weighted by Crippen LogP contribution is 2.19. The SMILES string of the molecule is Cc1nc2c(C)cccn2c1CC(=O)Nc1ccc(OCc2ccccc2)cc1. The van der Waals surface area contributed by atoms with Gasteiger partial charge in [0.05, 0.1) is 17.8 Å². The van der Waals surface area contributed by atoms with E-state index in [1.54, 1.807) is 0 Å². The molecule has 2 heterocycles. The summed E-state index contributed by atoms with van der Waals surface area (Å²) < 4.78 is 7.78. The zero-order chi connectivity index (χ0) is 20.2. The molecular weight excluding hydrogens is 362 g/mol. The average Bonchev–Trinajstić information content (AvgIpc) is 3.05. The number of hydrogen-bond donors (Lipinski definition) is 1. The van der Waals surface area contributed by atoms with Crippen LogP contribution in [-0.4, -0.2) is 15.3 Å². The highest BCUT2D eigenvalue weighted by Gasteiger charge is 2.14. The van der Waals surface area contributed by atoms with E-state index in [0.717, 1.165) is 39.6 Å². The molecule has 0 bridgehead atoms. The number of carbonyl (C=O) groups is 1. The molecule has 0 radical (unpaired) electrons. The van der Waals surface area contributed by atoms with Gasteiger partial charge in [0.15, 0.2) is 0 Å². The van der Waals surface area contributed by atoms with Gasteiger partial charge in [-0.15, -0.1) is 0 Å². The Morgan fingerprint density at radius 2 is 1.76 bits per heavy atom. The number of ether oxygens (including phenoxy) is 1. The van der Waals surface area contributed by atoms with E-state index in [1.165, 1.54) is 0 Å². The third kappa shape index (κ3) is 4.29. The Hall–Kier alpha value is -3.60. The largest absolute Gasteiger partial charge is 0.489 e. The van der Waals surface area contributed by atoms with Gasteiger partial charge >= 0.3 is 0 Å². The normalized spacial score (nSPS) is 10.8. The van der Waals surface area contributed by atoms with Gasteiger partial charge in [-0.3, -0.25) is 4.79 Å². The van der Waals surface area contributed by atoms with Gasteiger partial charge in [0.25, 0.3) is 0 Å². The first-order valence-corrected chi connectivity index (χ1v) is 9.60. The van der Waals surface area contributed by atoms with Crippen molar-refractivity contribution < 1.29 is 9.53 Å². The van der Waals surface area contributed by atoms with Crippen molar-refractivity contribution in [1.82, 2.24) is 9.38 Å². The maximum absolute atomic E-state index is 12.6. The number of amides is 1. The number of benzene rings is 2. The summed E-state index contributed by atoms with van der Waals surface area (Å²) in [6.07, 6.45) is 2.21. The van der Waals surface area contributed by atoms with E-state index < -0.39 is 0 Å². The monoisotopic (exact) mass is 385 g/mol. The van der Waals surface area contributed by atoms with Crippen LogP contribution in [0.2, 0.25) is 0 Å². The molecule has 146 valence electrons. The Labute approximate surface area is 170 Å². The van der Waals surface area contributed by atoms with Gasteiger partial charge < -0.3 is 14.5 Å². The first-order chi connectivity index (χ1) is 14.1. The van der Waals surface area contributed by atoms with Gasteiger partial charge in [0.2, 0.25) is 5.91 Å².